The van der Waals surface area contributed by atoms with Gasteiger partial charge in [0.2, 0.25) is 0 Å². The van der Waals surface area contributed by atoms with E-state index >= 15 is 0 Å². The van der Waals surface area contributed by atoms with Crippen LogP contribution in [0.5, 0.6) is 0 Å². The minimum atomic E-state index is -0.936. The summed E-state index contributed by atoms with van der Waals surface area (Å²) in [7, 11) is 0. The van der Waals surface area contributed by atoms with E-state index in [4.69, 9.17) is 4.98 Å². The van der Waals surface area contributed by atoms with Crippen LogP contribution in [0.4, 0.5) is 0 Å². The van der Waals surface area contributed by atoms with Crippen LogP contribution in [0.3, 0.4) is 0 Å². The van der Waals surface area contributed by atoms with E-state index < -0.39 is 24.0 Å². The third-order valence-corrected chi connectivity index (χ3v) is 6.81. The summed E-state index contributed by atoms with van der Waals surface area (Å²) in [5, 5.41) is 27.0. The summed E-state index contributed by atoms with van der Waals surface area (Å²) in [6.45, 7) is 4.46. The molecule has 2 atom stereocenters. The second-order valence-electron chi connectivity index (χ2n) is 8.96. The number of carboxylic acids is 2. The third kappa shape index (κ3) is 15.4. The quantitative estimate of drug-likeness (QED) is 0.129. The molecule has 2 unspecified atom stereocenters. The Labute approximate surface area is 275 Å². The van der Waals surface area contributed by atoms with Gasteiger partial charge in [-0.2, -0.15) is 0 Å². The van der Waals surface area contributed by atoms with Crippen molar-refractivity contribution in [1.29, 1.82) is 0 Å². The maximum absolute atomic E-state index is 12.2. The van der Waals surface area contributed by atoms with Crippen LogP contribution in [0, 0.1) is 0 Å². The SMILES string of the molecule is C.C.O=C(O)C(CCN=C=S)N1CCN(CCCN=C=S)CCN(C(CCN=C=S)C(=O)O)Cc2cccc(n2)C1.[Mn]. The van der Waals surface area contributed by atoms with E-state index in [-0.39, 0.29) is 45.0 Å². The van der Waals surface area contributed by atoms with Gasteiger partial charge in [-0.05, 0) is 68.0 Å². The molecule has 233 valence electrons. The summed E-state index contributed by atoms with van der Waals surface area (Å²) < 4.78 is 0. The zero-order valence-corrected chi connectivity index (χ0v) is 25.7. The first-order valence-corrected chi connectivity index (χ1v) is 13.8. The molecule has 1 aliphatic heterocycles. The van der Waals surface area contributed by atoms with E-state index in [1.807, 2.05) is 28.0 Å². The number of hydrogen-bond acceptors (Lipinski definition) is 12. The Kier molecular flexibility index (Phi) is 24.4. The molecule has 0 fully saturated rings. The number of hydrogen-bond donors (Lipinski definition) is 2. The zero-order chi connectivity index (χ0) is 28.5. The van der Waals surface area contributed by atoms with Crippen LogP contribution in [0.25, 0.3) is 0 Å². The Morgan fingerprint density at radius 2 is 1.24 bits per heavy atom. The number of carbonyl (C=O) groups is 2. The molecule has 2 bridgehead atoms. The number of aromatic nitrogens is 1. The van der Waals surface area contributed by atoms with Gasteiger partial charge in [0.15, 0.2) is 0 Å². The molecule has 0 spiro atoms. The van der Waals surface area contributed by atoms with Crippen LogP contribution < -0.4 is 0 Å². The predicted molar refractivity (Wildman–Crippen MR) is 171 cm³/mol. The van der Waals surface area contributed by atoms with Gasteiger partial charge in [0.25, 0.3) is 0 Å². The Bertz CT molecular complexity index is 1040. The standard InChI is InChI=1S/C25H33N7O4S3.2CH4.Mn/c33-24(34)22(5-8-27-18-38)31-13-11-30(10-2-7-26-17-37)12-14-32(23(25(35)36)6-9-28-19-39)16-21-4-1-3-20(15-31)29-21;;;/h1,3-4,22-23H,2,5-16H2,(H,33,34)(H,35,36);2*1H4;. The number of aliphatic carboxylic acids is 2. The first kappa shape index (κ1) is 42.0. The third-order valence-electron chi connectivity index (χ3n) is 6.42. The van der Waals surface area contributed by atoms with E-state index in [2.05, 4.69) is 72.0 Å². The van der Waals surface area contributed by atoms with Crippen molar-refractivity contribution < 1.29 is 36.9 Å². The molecule has 2 rings (SSSR count). The fourth-order valence-electron chi connectivity index (χ4n) is 4.50. The van der Waals surface area contributed by atoms with E-state index in [9.17, 15) is 19.8 Å². The molecule has 42 heavy (non-hydrogen) atoms. The summed E-state index contributed by atoms with van der Waals surface area (Å²) in [6.07, 6.45) is 1.32. The minimum absolute atomic E-state index is 0. The van der Waals surface area contributed by atoms with E-state index in [1.54, 1.807) is 0 Å². The number of thiocarbonyl (C=S) groups is 3. The van der Waals surface area contributed by atoms with Crippen molar-refractivity contribution in [2.45, 2.75) is 59.3 Å². The van der Waals surface area contributed by atoms with Gasteiger partial charge in [0.1, 0.15) is 12.1 Å². The van der Waals surface area contributed by atoms with E-state index in [0.717, 1.165) is 6.42 Å². The van der Waals surface area contributed by atoms with Crippen molar-refractivity contribution in [2.75, 3.05) is 52.4 Å². The molecular formula is C27H41MnN7O4S3. The molecule has 0 saturated carbocycles. The number of carboxylic acid groups (broad SMARTS) is 2. The van der Waals surface area contributed by atoms with Gasteiger partial charge in [0.05, 0.1) is 46.5 Å². The van der Waals surface area contributed by atoms with Crippen molar-refractivity contribution in [3.8, 4) is 0 Å². The van der Waals surface area contributed by atoms with Crippen LogP contribution in [-0.2, 0) is 39.7 Å². The molecule has 2 N–H and O–H groups in total. The van der Waals surface area contributed by atoms with E-state index in [1.165, 1.54) is 0 Å². The van der Waals surface area contributed by atoms with Gasteiger partial charge in [-0.25, -0.2) is 15.0 Å². The van der Waals surface area contributed by atoms with Gasteiger partial charge < -0.3 is 15.1 Å². The van der Waals surface area contributed by atoms with Crippen molar-refractivity contribution >= 4 is 64.1 Å². The predicted octanol–water partition coefficient (Wildman–Crippen LogP) is 3.66. The molecule has 0 amide bonds. The maximum Gasteiger partial charge on any atom is 0.321 e. The minimum Gasteiger partial charge on any atom is -0.480 e. The van der Waals surface area contributed by atoms with Crippen molar-refractivity contribution in [3.63, 3.8) is 0 Å². The van der Waals surface area contributed by atoms with Gasteiger partial charge in [-0.3, -0.25) is 24.4 Å². The molecule has 0 saturated heterocycles. The summed E-state index contributed by atoms with van der Waals surface area (Å²) in [5.74, 6) is -1.87. The second-order valence-corrected chi connectivity index (χ2v) is 9.51. The maximum atomic E-state index is 12.2. The topological polar surface area (TPSA) is 134 Å². The van der Waals surface area contributed by atoms with Gasteiger partial charge in [0, 0.05) is 62.9 Å². The Balaban J connectivity index is 0. The van der Waals surface area contributed by atoms with Crippen LogP contribution in [0.15, 0.2) is 33.2 Å². The molecule has 11 nitrogen and oxygen atoms in total. The normalized spacial score (nSPS) is 15.5. The molecular weight excluding hydrogens is 637 g/mol. The first-order valence-electron chi connectivity index (χ1n) is 12.6. The van der Waals surface area contributed by atoms with Crippen molar-refractivity contribution in [2.24, 2.45) is 15.0 Å². The van der Waals surface area contributed by atoms with Gasteiger partial charge in [-0.15, -0.1) is 0 Å². The summed E-state index contributed by atoms with van der Waals surface area (Å²) >= 11 is 14.0. The first-order chi connectivity index (χ1) is 18.9. The smallest absolute Gasteiger partial charge is 0.321 e. The number of aliphatic imine (C=N–C) groups is 3. The van der Waals surface area contributed by atoms with E-state index in [0.29, 0.717) is 76.6 Å². The largest absolute Gasteiger partial charge is 0.480 e. The molecule has 1 aliphatic rings. The molecule has 2 heterocycles. The van der Waals surface area contributed by atoms with Gasteiger partial charge in [-0.1, -0.05) is 20.9 Å². The molecule has 1 radical (unpaired) electrons. The number of nitrogens with zero attached hydrogens (tertiary/aromatic N) is 7. The summed E-state index contributed by atoms with van der Waals surface area (Å²) in [4.78, 5) is 47.0. The number of rotatable bonds is 14. The fourth-order valence-corrected chi connectivity index (χ4v) is 4.77. The summed E-state index contributed by atoms with van der Waals surface area (Å²) in [5.41, 5.74) is 1.41. The van der Waals surface area contributed by atoms with Crippen LogP contribution in [-0.4, -0.2) is 122 Å². The van der Waals surface area contributed by atoms with Crippen LogP contribution in [0.1, 0.15) is 45.5 Å². The zero-order valence-electron chi connectivity index (χ0n) is 22.0. The average molecular weight is 679 g/mol. The Morgan fingerprint density at radius 3 is 1.64 bits per heavy atom. The van der Waals surface area contributed by atoms with Crippen molar-refractivity contribution in [3.05, 3.63) is 29.6 Å². The molecule has 0 aromatic carbocycles. The molecule has 1 aromatic rings. The monoisotopic (exact) mass is 678 g/mol. The average Bonchev–Trinajstić information content (AvgIpc) is 2.90. The molecule has 1 aromatic heterocycles. The van der Waals surface area contributed by atoms with Crippen molar-refractivity contribution in [1.82, 2.24) is 19.7 Å². The summed E-state index contributed by atoms with van der Waals surface area (Å²) in [6, 6.07) is 4.01. The van der Waals surface area contributed by atoms with Gasteiger partial charge >= 0.3 is 11.9 Å². The number of isothiocyanates is 3. The number of pyridine rings is 1. The number of fused-ring (bicyclic) bond motifs is 2. The fraction of sp³-hybridized carbons (Fsp3) is 0.630. The second kappa shape index (κ2) is 24.3. The Hall–Kier alpha value is -2.11. The Morgan fingerprint density at radius 1 is 0.810 bits per heavy atom. The molecule has 0 aliphatic carbocycles. The van der Waals surface area contributed by atoms with Crippen LogP contribution >= 0.6 is 36.7 Å². The molecule has 15 heteroatoms. The van der Waals surface area contributed by atoms with Crippen LogP contribution in [0.2, 0.25) is 0 Å².